The van der Waals surface area contributed by atoms with Gasteiger partial charge in [0.1, 0.15) is 16.7 Å². The Balaban J connectivity index is 1.23. The molecule has 3 heteroatoms. The first-order valence-corrected chi connectivity index (χ1v) is 20.0. The topological polar surface area (TPSA) is 29.5 Å². The molecular formula is C55H37NO2. The average Bonchev–Trinajstić information content (AvgIpc) is 3.92. The largest absolute Gasteiger partial charge is 0.455 e. The van der Waals surface area contributed by atoms with Crippen molar-refractivity contribution in [1.29, 1.82) is 0 Å². The minimum absolute atomic E-state index is 0.188. The van der Waals surface area contributed by atoms with Crippen LogP contribution in [-0.2, 0) is 5.41 Å². The fraction of sp³-hybridized carbons (Fsp3) is 0.0545. The monoisotopic (exact) mass is 743 g/mol. The molecule has 0 saturated heterocycles. The van der Waals surface area contributed by atoms with Crippen LogP contribution in [0.4, 0.5) is 17.1 Å². The van der Waals surface area contributed by atoms with Crippen molar-refractivity contribution < 1.29 is 8.83 Å². The molecule has 0 bridgehead atoms. The fourth-order valence-electron chi connectivity index (χ4n) is 9.68. The first-order valence-electron chi connectivity index (χ1n) is 20.0. The summed E-state index contributed by atoms with van der Waals surface area (Å²) in [4.78, 5) is 2.42. The lowest BCUT2D eigenvalue weighted by molar-refractivity contribution is 0.660. The van der Waals surface area contributed by atoms with Crippen LogP contribution in [-0.4, -0.2) is 0 Å². The first kappa shape index (κ1) is 32.8. The second-order valence-corrected chi connectivity index (χ2v) is 16.0. The van der Waals surface area contributed by atoms with Crippen LogP contribution in [0.25, 0.3) is 88.0 Å². The molecule has 9 aromatic carbocycles. The van der Waals surface area contributed by atoms with E-state index in [0.717, 1.165) is 82.8 Å². The van der Waals surface area contributed by atoms with E-state index >= 15 is 0 Å². The van der Waals surface area contributed by atoms with E-state index in [1.807, 2.05) is 6.07 Å². The molecule has 2 aromatic heterocycles. The second-order valence-electron chi connectivity index (χ2n) is 16.0. The highest BCUT2D eigenvalue weighted by Crippen LogP contribution is 2.53. The van der Waals surface area contributed by atoms with Gasteiger partial charge in [-0.2, -0.15) is 0 Å². The average molecular weight is 744 g/mol. The highest BCUT2D eigenvalue weighted by molar-refractivity contribution is 6.24. The van der Waals surface area contributed by atoms with Crippen LogP contribution in [0.2, 0.25) is 0 Å². The van der Waals surface area contributed by atoms with Crippen LogP contribution >= 0.6 is 0 Å². The third-order valence-electron chi connectivity index (χ3n) is 12.4. The van der Waals surface area contributed by atoms with Crippen molar-refractivity contribution in [2.24, 2.45) is 0 Å². The molecule has 0 saturated carbocycles. The van der Waals surface area contributed by atoms with Gasteiger partial charge < -0.3 is 13.7 Å². The van der Waals surface area contributed by atoms with Crippen LogP contribution in [0.1, 0.15) is 25.0 Å². The van der Waals surface area contributed by atoms with E-state index < -0.39 is 0 Å². The van der Waals surface area contributed by atoms with Crippen molar-refractivity contribution in [1.82, 2.24) is 0 Å². The predicted molar refractivity (Wildman–Crippen MR) is 242 cm³/mol. The van der Waals surface area contributed by atoms with Gasteiger partial charge in [0, 0.05) is 32.6 Å². The zero-order valence-corrected chi connectivity index (χ0v) is 32.2. The Morgan fingerprint density at radius 1 is 0.379 bits per heavy atom. The van der Waals surface area contributed by atoms with Crippen molar-refractivity contribution in [3.8, 4) is 33.4 Å². The van der Waals surface area contributed by atoms with Crippen molar-refractivity contribution in [2.45, 2.75) is 19.3 Å². The van der Waals surface area contributed by atoms with E-state index in [4.69, 9.17) is 8.83 Å². The molecule has 2 heterocycles. The summed E-state index contributed by atoms with van der Waals surface area (Å²) in [6, 6.07) is 67.6. The first-order chi connectivity index (χ1) is 28.5. The summed E-state index contributed by atoms with van der Waals surface area (Å²) in [5.41, 5.74) is 16.0. The number of benzene rings is 9. The van der Waals surface area contributed by atoms with E-state index in [1.54, 1.807) is 0 Å². The van der Waals surface area contributed by atoms with Gasteiger partial charge >= 0.3 is 0 Å². The minimum atomic E-state index is -0.188. The maximum Gasteiger partial charge on any atom is 0.159 e. The molecule has 0 amide bonds. The molecule has 0 aliphatic heterocycles. The van der Waals surface area contributed by atoms with Gasteiger partial charge in [-0.25, -0.2) is 0 Å². The van der Waals surface area contributed by atoms with E-state index in [1.165, 1.54) is 33.4 Å². The summed E-state index contributed by atoms with van der Waals surface area (Å²) >= 11 is 0. The Labute approximate surface area is 336 Å². The number of hydrogen-bond acceptors (Lipinski definition) is 3. The number of para-hydroxylation sites is 2. The van der Waals surface area contributed by atoms with Crippen LogP contribution in [0.3, 0.4) is 0 Å². The van der Waals surface area contributed by atoms with Crippen molar-refractivity contribution >= 4 is 71.7 Å². The number of fused-ring (bicyclic) bond motifs is 11. The van der Waals surface area contributed by atoms with Gasteiger partial charge in [0.15, 0.2) is 5.58 Å². The molecule has 0 spiro atoms. The van der Waals surface area contributed by atoms with Crippen LogP contribution in [0.5, 0.6) is 0 Å². The Bertz CT molecular complexity index is 3430. The Hall–Kier alpha value is -7.36. The van der Waals surface area contributed by atoms with E-state index in [2.05, 4.69) is 201 Å². The normalized spacial score (nSPS) is 13.1. The maximum absolute atomic E-state index is 7.12. The second kappa shape index (κ2) is 12.3. The summed E-state index contributed by atoms with van der Waals surface area (Å²) in [5, 5.41) is 6.55. The summed E-state index contributed by atoms with van der Waals surface area (Å²) in [6.45, 7) is 4.69. The zero-order valence-electron chi connectivity index (χ0n) is 32.2. The maximum atomic E-state index is 7.12. The third kappa shape index (κ3) is 4.74. The lowest BCUT2D eigenvalue weighted by Crippen LogP contribution is -2.16. The number of nitrogens with zero attached hydrogens (tertiary/aromatic N) is 1. The molecule has 0 unspecified atom stereocenters. The molecule has 12 rings (SSSR count). The zero-order chi connectivity index (χ0) is 38.5. The van der Waals surface area contributed by atoms with E-state index in [-0.39, 0.29) is 5.41 Å². The molecule has 3 nitrogen and oxygen atoms in total. The Morgan fingerprint density at radius 3 is 1.84 bits per heavy atom. The number of furan rings is 2. The number of anilines is 3. The predicted octanol–water partition coefficient (Wildman–Crippen LogP) is 15.7. The summed E-state index contributed by atoms with van der Waals surface area (Å²) in [6.07, 6.45) is 0. The molecule has 11 aromatic rings. The number of rotatable bonds is 5. The minimum Gasteiger partial charge on any atom is -0.455 e. The van der Waals surface area contributed by atoms with E-state index in [0.29, 0.717) is 0 Å². The molecule has 58 heavy (non-hydrogen) atoms. The van der Waals surface area contributed by atoms with Crippen molar-refractivity contribution in [3.05, 3.63) is 199 Å². The molecular weight excluding hydrogens is 707 g/mol. The molecule has 0 radical (unpaired) electrons. The summed E-state index contributed by atoms with van der Waals surface area (Å²) in [7, 11) is 0. The van der Waals surface area contributed by atoms with Crippen molar-refractivity contribution in [3.63, 3.8) is 0 Å². The third-order valence-corrected chi connectivity index (χ3v) is 12.4. The summed E-state index contributed by atoms with van der Waals surface area (Å²) < 4.78 is 14.0. The van der Waals surface area contributed by atoms with Crippen LogP contribution in [0, 0.1) is 0 Å². The van der Waals surface area contributed by atoms with Gasteiger partial charge in [-0.3, -0.25) is 0 Å². The molecule has 0 atom stereocenters. The van der Waals surface area contributed by atoms with Gasteiger partial charge in [-0.05, 0) is 92.4 Å². The van der Waals surface area contributed by atoms with Gasteiger partial charge in [-0.15, -0.1) is 0 Å². The lowest BCUT2D eigenvalue weighted by atomic mass is 9.82. The van der Waals surface area contributed by atoms with E-state index in [9.17, 15) is 0 Å². The molecule has 0 N–H and O–H groups in total. The Morgan fingerprint density at radius 2 is 1.02 bits per heavy atom. The molecule has 1 aliphatic rings. The standard InChI is InChI=1S/C55H37NO2/c1-55(2)46-25-13-11-21-39(46)40-29-28-37(32-47(40)55)56(48-26-15-24-43-41-22-12-14-27-50(41)57-54(43)48)49-30-36(34-16-5-3-6-17-34)31-51-52(49)45-33-44(35-18-7-4-8-19-35)38-20-9-10-23-42(38)53(45)58-51/h3-33H,1-2H3. The molecule has 274 valence electrons. The lowest BCUT2D eigenvalue weighted by Gasteiger charge is -2.29. The van der Waals surface area contributed by atoms with Crippen molar-refractivity contribution in [2.75, 3.05) is 4.90 Å². The quantitative estimate of drug-likeness (QED) is 0.176. The van der Waals surface area contributed by atoms with Crippen LogP contribution < -0.4 is 4.90 Å². The Kier molecular flexibility index (Phi) is 6.98. The fourth-order valence-corrected chi connectivity index (χ4v) is 9.68. The summed E-state index contributed by atoms with van der Waals surface area (Å²) in [5.74, 6) is 0. The van der Waals surface area contributed by atoms with Gasteiger partial charge in [0.2, 0.25) is 0 Å². The van der Waals surface area contributed by atoms with Gasteiger partial charge in [0.05, 0.1) is 16.8 Å². The molecule has 0 fully saturated rings. The SMILES string of the molecule is CC1(C)c2ccccc2-c2ccc(N(c3cccc4c3oc3ccccc34)c3cc(-c4ccccc4)cc4oc5c6ccccc6c(-c6ccccc6)cc5c34)cc21. The molecule has 1 aliphatic carbocycles. The smallest absolute Gasteiger partial charge is 0.159 e. The van der Waals surface area contributed by atoms with Gasteiger partial charge in [0.25, 0.3) is 0 Å². The number of hydrogen-bond donors (Lipinski definition) is 0. The van der Waals surface area contributed by atoms with Crippen LogP contribution in [0.15, 0.2) is 197 Å². The highest BCUT2D eigenvalue weighted by Gasteiger charge is 2.36. The van der Waals surface area contributed by atoms with Gasteiger partial charge in [-0.1, -0.05) is 159 Å². The highest BCUT2D eigenvalue weighted by atomic mass is 16.3.